The molecule has 0 bridgehead atoms. The molecule has 0 amide bonds. The first-order valence-corrected chi connectivity index (χ1v) is 4.28. The summed E-state index contributed by atoms with van der Waals surface area (Å²) in [7, 11) is 0. The van der Waals surface area contributed by atoms with Crippen molar-refractivity contribution in [2.75, 3.05) is 0 Å². The molecule has 0 spiro atoms. The molecule has 1 aliphatic carbocycles. The van der Waals surface area contributed by atoms with Crippen LogP contribution in [0.2, 0.25) is 0 Å². The number of nitrogens with two attached hydrogens (primary N) is 1. The molecule has 1 saturated carbocycles. The Morgan fingerprint density at radius 1 is 1.58 bits per heavy atom. The predicted octanol–water partition coefficient (Wildman–Crippen LogP) is 0.807. The van der Waals surface area contributed by atoms with Crippen LogP contribution < -0.4 is 5.73 Å². The third-order valence-electron chi connectivity index (χ3n) is 2.09. The quantitative estimate of drug-likeness (QED) is 0.707. The number of rotatable bonds is 2. The fourth-order valence-electron chi connectivity index (χ4n) is 1.32. The molecule has 1 heterocycles. The van der Waals surface area contributed by atoms with E-state index in [1.165, 1.54) is 12.8 Å². The van der Waals surface area contributed by atoms with Crippen LogP contribution in [0.1, 0.15) is 38.6 Å². The maximum Gasteiger partial charge on any atom is 0.152 e. The molecule has 1 aromatic rings. The van der Waals surface area contributed by atoms with Gasteiger partial charge in [0, 0.05) is 6.04 Å². The predicted molar refractivity (Wildman–Crippen MR) is 45.5 cm³/mol. The molecule has 0 aromatic carbocycles. The van der Waals surface area contributed by atoms with E-state index in [-0.39, 0.29) is 5.54 Å². The van der Waals surface area contributed by atoms with Gasteiger partial charge >= 0.3 is 0 Å². The highest BCUT2D eigenvalue weighted by Gasteiger charge is 2.30. The van der Waals surface area contributed by atoms with Crippen LogP contribution in [0.15, 0.2) is 6.33 Å². The van der Waals surface area contributed by atoms with Crippen LogP contribution in [0.25, 0.3) is 0 Å². The van der Waals surface area contributed by atoms with Gasteiger partial charge in [-0.2, -0.15) is 0 Å². The Bertz CT molecular complexity index is 279. The van der Waals surface area contributed by atoms with Crippen LogP contribution in [0.5, 0.6) is 0 Å². The highest BCUT2D eigenvalue weighted by molar-refractivity contribution is 5.04. The summed E-state index contributed by atoms with van der Waals surface area (Å²) in [6.45, 7) is 3.91. The second-order valence-electron chi connectivity index (χ2n) is 4.01. The Morgan fingerprint density at radius 3 is 2.75 bits per heavy atom. The average Bonchev–Trinajstić information content (AvgIpc) is 2.65. The lowest BCUT2D eigenvalue weighted by molar-refractivity contribution is 0.476. The van der Waals surface area contributed by atoms with Crippen LogP contribution in [0.3, 0.4) is 0 Å². The molecule has 4 nitrogen and oxygen atoms in total. The van der Waals surface area contributed by atoms with E-state index in [9.17, 15) is 0 Å². The molecule has 1 aromatic heterocycles. The summed E-state index contributed by atoms with van der Waals surface area (Å²) in [5.41, 5.74) is 5.57. The highest BCUT2D eigenvalue weighted by Crippen LogP contribution is 2.36. The van der Waals surface area contributed by atoms with Crippen molar-refractivity contribution in [2.24, 2.45) is 5.73 Å². The van der Waals surface area contributed by atoms with Gasteiger partial charge in [-0.15, -0.1) is 10.2 Å². The van der Waals surface area contributed by atoms with E-state index in [0.717, 1.165) is 5.82 Å². The molecule has 1 fully saturated rings. The summed E-state index contributed by atoms with van der Waals surface area (Å²) in [4.78, 5) is 0. The molecule has 4 heteroatoms. The zero-order chi connectivity index (χ0) is 8.77. The van der Waals surface area contributed by atoms with Gasteiger partial charge in [-0.25, -0.2) is 0 Å². The first kappa shape index (κ1) is 7.73. The third kappa shape index (κ3) is 1.22. The van der Waals surface area contributed by atoms with Crippen LogP contribution in [0.4, 0.5) is 0 Å². The van der Waals surface area contributed by atoms with Crippen molar-refractivity contribution in [2.45, 2.75) is 38.3 Å². The normalized spacial score (nSPS) is 18.2. The van der Waals surface area contributed by atoms with Crippen molar-refractivity contribution in [3.05, 3.63) is 12.2 Å². The second-order valence-corrected chi connectivity index (χ2v) is 4.01. The number of aromatic nitrogens is 3. The zero-order valence-corrected chi connectivity index (χ0v) is 7.49. The van der Waals surface area contributed by atoms with Crippen molar-refractivity contribution in [3.63, 3.8) is 0 Å². The van der Waals surface area contributed by atoms with Crippen LogP contribution >= 0.6 is 0 Å². The van der Waals surface area contributed by atoms with E-state index in [0.29, 0.717) is 6.04 Å². The van der Waals surface area contributed by atoms with Crippen molar-refractivity contribution < 1.29 is 0 Å². The summed E-state index contributed by atoms with van der Waals surface area (Å²) in [5.74, 6) is 0.894. The van der Waals surface area contributed by atoms with Gasteiger partial charge in [0.25, 0.3) is 0 Å². The van der Waals surface area contributed by atoms with Crippen LogP contribution in [0, 0.1) is 0 Å². The van der Waals surface area contributed by atoms with Crippen LogP contribution in [-0.4, -0.2) is 14.8 Å². The molecule has 2 rings (SSSR count). The standard InChI is InChI=1S/C8H14N4/c1-8(2,9)7-11-10-5-12(7)6-3-4-6/h5-6H,3-4,9H2,1-2H3. The summed E-state index contributed by atoms with van der Waals surface area (Å²) in [5, 5.41) is 7.92. The van der Waals surface area contributed by atoms with E-state index in [4.69, 9.17) is 5.73 Å². The lowest BCUT2D eigenvalue weighted by Crippen LogP contribution is -2.32. The molecule has 12 heavy (non-hydrogen) atoms. The molecule has 0 unspecified atom stereocenters. The molecule has 0 aliphatic heterocycles. The second kappa shape index (κ2) is 2.29. The maximum atomic E-state index is 5.94. The largest absolute Gasteiger partial charge is 0.319 e. The molecule has 0 atom stereocenters. The number of hydrogen-bond donors (Lipinski definition) is 1. The fraction of sp³-hybridized carbons (Fsp3) is 0.750. The minimum atomic E-state index is -0.376. The van der Waals surface area contributed by atoms with Gasteiger partial charge in [-0.1, -0.05) is 0 Å². The van der Waals surface area contributed by atoms with Crippen molar-refractivity contribution >= 4 is 0 Å². The zero-order valence-electron chi connectivity index (χ0n) is 7.49. The van der Waals surface area contributed by atoms with Gasteiger partial charge in [0.1, 0.15) is 6.33 Å². The molecule has 66 valence electrons. The van der Waals surface area contributed by atoms with Gasteiger partial charge in [-0.05, 0) is 26.7 Å². The Kier molecular flexibility index (Phi) is 1.48. The first-order chi connectivity index (χ1) is 5.59. The van der Waals surface area contributed by atoms with E-state index < -0.39 is 0 Å². The minimum Gasteiger partial charge on any atom is -0.319 e. The summed E-state index contributed by atoms with van der Waals surface area (Å²) in [6, 6.07) is 0.609. The summed E-state index contributed by atoms with van der Waals surface area (Å²) in [6.07, 6.45) is 4.25. The third-order valence-corrected chi connectivity index (χ3v) is 2.09. The molecule has 2 N–H and O–H groups in total. The molecular formula is C8H14N4. The van der Waals surface area contributed by atoms with Gasteiger partial charge in [0.2, 0.25) is 0 Å². The smallest absolute Gasteiger partial charge is 0.152 e. The van der Waals surface area contributed by atoms with Crippen molar-refractivity contribution in [1.82, 2.24) is 14.8 Å². The number of nitrogens with zero attached hydrogens (tertiary/aromatic N) is 3. The Labute approximate surface area is 71.8 Å². The van der Waals surface area contributed by atoms with Crippen molar-refractivity contribution in [3.8, 4) is 0 Å². The van der Waals surface area contributed by atoms with E-state index in [2.05, 4.69) is 14.8 Å². The van der Waals surface area contributed by atoms with Gasteiger partial charge < -0.3 is 10.3 Å². The summed E-state index contributed by atoms with van der Waals surface area (Å²) >= 11 is 0. The van der Waals surface area contributed by atoms with Crippen LogP contribution in [-0.2, 0) is 5.54 Å². The molecule has 0 saturated heterocycles. The molecule has 0 radical (unpaired) electrons. The van der Waals surface area contributed by atoms with E-state index in [1.807, 2.05) is 13.8 Å². The average molecular weight is 166 g/mol. The first-order valence-electron chi connectivity index (χ1n) is 4.28. The van der Waals surface area contributed by atoms with Crippen molar-refractivity contribution in [1.29, 1.82) is 0 Å². The van der Waals surface area contributed by atoms with Gasteiger partial charge in [-0.3, -0.25) is 0 Å². The highest BCUT2D eigenvalue weighted by atomic mass is 15.3. The maximum absolute atomic E-state index is 5.94. The molecule has 1 aliphatic rings. The topological polar surface area (TPSA) is 56.7 Å². The Balaban J connectivity index is 2.36. The van der Waals surface area contributed by atoms with Gasteiger partial charge in [0.15, 0.2) is 5.82 Å². The fourth-order valence-corrected chi connectivity index (χ4v) is 1.32. The SMILES string of the molecule is CC(C)(N)c1nncn1C1CC1. The Hall–Kier alpha value is -0.900. The minimum absolute atomic E-state index is 0.376. The summed E-state index contributed by atoms with van der Waals surface area (Å²) < 4.78 is 2.10. The lowest BCUT2D eigenvalue weighted by Gasteiger charge is -2.18. The van der Waals surface area contributed by atoms with E-state index >= 15 is 0 Å². The number of hydrogen-bond acceptors (Lipinski definition) is 3. The van der Waals surface area contributed by atoms with Gasteiger partial charge in [0.05, 0.1) is 5.54 Å². The monoisotopic (exact) mass is 166 g/mol. The lowest BCUT2D eigenvalue weighted by atomic mass is 10.1. The molecular weight excluding hydrogens is 152 g/mol. The Morgan fingerprint density at radius 2 is 2.25 bits per heavy atom. The van der Waals surface area contributed by atoms with E-state index in [1.54, 1.807) is 6.33 Å².